The summed E-state index contributed by atoms with van der Waals surface area (Å²) in [7, 11) is 0. The van der Waals surface area contributed by atoms with E-state index in [9.17, 15) is 0 Å². The number of aromatic nitrogens is 3. The first-order valence-electron chi connectivity index (χ1n) is 12.3. The largest absolute Gasteiger partial charge is 0.370 e. The highest BCUT2D eigenvalue weighted by molar-refractivity contribution is 5.64. The van der Waals surface area contributed by atoms with E-state index >= 15 is 0 Å². The van der Waals surface area contributed by atoms with Gasteiger partial charge in [-0.1, -0.05) is 91.0 Å². The Morgan fingerprint density at radius 3 is 1.74 bits per heavy atom. The number of anilines is 1. The van der Waals surface area contributed by atoms with E-state index in [1.54, 1.807) is 0 Å². The highest BCUT2D eigenvalue weighted by atomic mass is 15.1. The summed E-state index contributed by atoms with van der Waals surface area (Å²) in [5.41, 5.74) is 6.13. The SMILES string of the molecule is c1ccc(C(c2ccccc2)(c2ccccc2)n2cnc(-c3cncc(N4CCCC4)c3)c2)cc1. The second-order valence-electron chi connectivity index (χ2n) is 9.10. The Bertz CT molecular complexity index is 1290. The van der Waals surface area contributed by atoms with Crippen LogP contribution < -0.4 is 4.90 Å². The summed E-state index contributed by atoms with van der Waals surface area (Å²) in [4.78, 5) is 11.9. The lowest BCUT2D eigenvalue weighted by molar-refractivity contribution is 0.515. The summed E-state index contributed by atoms with van der Waals surface area (Å²) in [5, 5.41) is 0. The van der Waals surface area contributed by atoms with Crippen molar-refractivity contribution in [3.05, 3.63) is 139 Å². The van der Waals surface area contributed by atoms with Crippen LogP contribution in [0.3, 0.4) is 0 Å². The summed E-state index contributed by atoms with van der Waals surface area (Å²) in [5.74, 6) is 0. The molecule has 0 saturated carbocycles. The molecule has 35 heavy (non-hydrogen) atoms. The van der Waals surface area contributed by atoms with Crippen LogP contribution in [0, 0.1) is 0 Å². The molecular formula is C31H28N4. The summed E-state index contributed by atoms with van der Waals surface area (Å²) in [6.07, 6.45) is 10.5. The molecule has 3 heterocycles. The van der Waals surface area contributed by atoms with E-state index < -0.39 is 5.54 Å². The molecule has 0 bridgehead atoms. The van der Waals surface area contributed by atoms with Crippen LogP contribution >= 0.6 is 0 Å². The zero-order valence-corrected chi connectivity index (χ0v) is 19.7. The Kier molecular flexibility index (Phi) is 5.63. The Morgan fingerprint density at radius 1 is 0.657 bits per heavy atom. The van der Waals surface area contributed by atoms with E-state index in [1.165, 1.54) is 35.2 Å². The van der Waals surface area contributed by atoms with Gasteiger partial charge < -0.3 is 9.47 Å². The third kappa shape index (κ3) is 3.81. The van der Waals surface area contributed by atoms with Gasteiger partial charge in [-0.05, 0) is 35.6 Å². The molecule has 0 atom stereocenters. The van der Waals surface area contributed by atoms with Crippen LogP contribution in [0.2, 0.25) is 0 Å². The van der Waals surface area contributed by atoms with Crippen LogP contribution in [0.15, 0.2) is 122 Å². The van der Waals surface area contributed by atoms with Gasteiger partial charge in [-0.2, -0.15) is 0 Å². The van der Waals surface area contributed by atoms with Crippen molar-refractivity contribution in [1.82, 2.24) is 14.5 Å². The second kappa shape index (κ2) is 9.22. The van der Waals surface area contributed by atoms with Crippen LogP contribution in [0.5, 0.6) is 0 Å². The monoisotopic (exact) mass is 456 g/mol. The highest BCUT2D eigenvalue weighted by Crippen LogP contribution is 2.41. The molecule has 4 heteroatoms. The number of benzene rings is 3. The van der Waals surface area contributed by atoms with Gasteiger partial charge in [0, 0.05) is 31.0 Å². The smallest absolute Gasteiger partial charge is 0.121 e. The van der Waals surface area contributed by atoms with Gasteiger partial charge in [-0.3, -0.25) is 4.98 Å². The lowest BCUT2D eigenvalue weighted by Gasteiger charge is -2.37. The van der Waals surface area contributed by atoms with Crippen LogP contribution in [0.4, 0.5) is 5.69 Å². The van der Waals surface area contributed by atoms with Gasteiger partial charge in [-0.25, -0.2) is 4.98 Å². The number of imidazole rings is 1. The van der Waals surface area contributed by atoms with Crippen molar-refractivity contribution in [2.45, 2.75) is 18.4 Å². The lowest BCUT2D eigenvalue weighted by atomic mass is 9.77. The van der Waals surface area contributed by atoms with Gasteiger partial charge in [0.15, 0.2) is 0 Å². The Balaban J connectivity index is 1.54. The molecule has 0 radical (unpaired) electrons. The topological polar surface area (TPSA) is 34.0 Å². The van der Waals surface area contributed by atoms with Gasteiger partial charge in [0.1, 0.15) is 5.54 Å². The van der Waals surface area contributed by atoms with Crippen molar-refractivity contribution in [2.75, 3.05) is 18.0 Å². The first kappa shape index (κ1) is 21.4. The van der Waals surface area contributed by atoms with E-state index in [4.69, 9.17) is 4.98 Å². The van der Waals surface area contributed by atoms with E-state index in [0.717, 1.165) is 24.3 Å². The summed E-state index contributed by atoms with van der Waals surface area (Å²) < 4.78 is 2.25. The fourth-order valence-corrected chi connectivity index (χ4v) is 5.36. The summed E-state index contributed by atoms with van der Waals surface area (Å²) in [6, 6.07) is 34.3. The van der Waals surface area contributed by atoms with E-state index in [0.29, 0.717) is 0 Å². The average molecular weight is 457 g/mol. The van der Waals surface area contributed by atoms with Crippen molar-refractivity contribution in [1.29, 1.82) is 0 Å². The molecule has 0 N–H and O–H groups in total. The molecule has 172 valence electrons. The van der Waals surface area contributed by atoms with Gasteiger partial charge in [0.05, 0.1) is 23.9 Å². The molecule has 1 saturated heterocycles. The van der Waals surface area contributed by atoms with Gasteiger partial charge in [0.2, 0.25) is 0 Å². The molecular weight excluding hydrogens is 428 g/mol. The predicted molar refractivity (Wildman–Crippen MR) is 142 cm³/mol. The van der Waals surface area contributed by atoms with Crippen molar-refractivity contribution in [3.63, 3.8) is 0 Å². The molecule has 3 aromatic carbocycles. The maximum absolute atomic E-state index is 4.90. The number of hydrogen-bond acceptors (Lipinski definition) is 3. The van der Waals surface area contributed by atoms with Crippen LogP contribution in [0.25, 0.3) is 11.3 Å². The third-order valence-electron chi connectivity index (χ3n) is 7.04. The summed E-state index contributed by atoms with van der Waals surface area (Å²) in [6.45, 7) is 2.19. The zero-order chi connectivity index (χ0) is 23.5. The van der Waals surface area contributed by atoms with Crippen molar-refractivity contribution in [3.8, 4) is 11.3 Å². The molecule has 1 aliphatic rings. The third-order valence-corrected chi connectivity index (χ3v) is 7.04. The first-order valence-corrected chi connectivity index (χ1v) is 12.3. The molecule has 5 aromatic rings. The molecule has 0 unspecified atom stereocenters. The minimum atomic E-state index is -0.560. The normalized spacial score (nSPS) is 13.8. The van der Waals surface area contributed by atoms with Crippen LogP contribution in [-0.2, 0) is 5.54 Å². The number of nitrogens with zero attached hydrogens (tertiary/aromatic N) is 4. The Morgan fingerprint density at radius 2 is 1.20 bits per heavy atom. The molecule has 1 fully saturated rings. The first-order chi connectivity index (χ1) is 17.4. The lowest BCUT2D eigenvalue weighted by Crippen LogP contribution is -2.36. The average Bonchev–Trinajstić information content (AvgIpc) is 3.65. The fourth-order valence-electron chi connectivity index (χ4n) is 5.36. The molecule has 0 amide bonds. The molecule has 6 rings (SSSR count). The maximum atomic E-state index is 4.90. The Hall–Kier alpha value is -4.18. The predicted octanol–water partition coefficient (Wildman–Crippen LogP) is 6.39. The van der Waals surface area contributed by atoms with Crippen molar-refractivity contribution < 1.29 is 0 Å². The summed E-state index contributed by atoms with van der Waals surface area (Å²) >= 11 is 0. The van der Waals surface area contributed by atoms with Crippen molar-refractivity contribution >= 4 is 5.69 Å². The quantitative estimate of drug-likeness (QED) is 0.278. The zero-order valence-electron chi connectivity index (χ0n) is 19.7. The number of hydrogen-bond donors (Lipinski definition) is 0. The van der Waals surface area contributed by atoms with E-state index in [2.05, 4.69) is 118 Å². The van der Waals surface area contributed by atoms with Gasteiger partial charge in [0.25, 0.3) is 0 Å². The van der Waals surface area contributed by atoms with E-state index in [1.807, 2.05) is 18.7 Å². The van der Waals surface area contributed by atoms with Gasteiger partial charge >= 0.3 is 0 Å². The van der Waals surface area contributed by atoms with Crippen molar-refractivity contribution in [2.24, 2.45) is 0 Å². The fraction of sp³-hybridized carbons (Fsp3) is 0.161. The molecule has 2 aromatic heterocycles. The van der Waals surface area contributed by atoms with Crippen LogP contribution in [0.1, 0.15) is 29.5 Å². The Labute approximate surface area is 206 Å². The number of pyridine rings is 1. The standard InChI is InChI=1S/C31H28N4/c1-4-12-26(13-5-1)31(27-14-6-2-7-15-27,28-16-8-3-9-17-28)35-23-30(33-24-35)25-20-29(22-32-21-25)34-18-10-11-19-34/h1-9,12-17,20-24H,10-11,18-19H2. The molecule has 1 aliphatic heterocycles. The maximum Gasteiger partial charge on any atom is 0.121 e. The molecule has 4 nitrogen and oxygen atoms in total. The number of rotatable bonds is 6. The molecule has 0 aliphatic carbocycles. The second-order valence-corrected chi connectivity index (χ2v) is 9.10. The van der Waals surface area contributed by atoms with E-state index in [-0.39, 0.29) is 0 Å². The van der Waals surface area contributed by atoms with Gasteiger partial charge in [-0.15, -0.1) is 0 Å². The minimum Gasteiger partial charge on any atom is -0.370 e. The van der Waals surface area contributed by atoms with Crippen LogP contribution in [-0.4, -0.2) is 27.6 Å². The molecule has 0 spiro atoms. The highest BCUT2D eigenvalue weighted by Gasteiger charge is 2.38. The minimum absolute atomic E-state index is 0.560.